The van der Waals surface area contributed by atoms with Crippen LogP contribution in [-0.4, -0.2) is 16.4 Å². The average molecular weight is 282 g/mol. The van der Waals surface area contributed by atoms with E-state index in [1.165, 1.54) is 12.8 Å². The molecule has 0 saturated heterocycles. The van der Waals surface area contributed by atoms with Crippen molar-refractivity contribution in [1.82, 2.24) is 5.32 Å². The van der Waals surface area contributed by atoms with E-state index < -0.39 is 5.54 Å². The Kier molecular flexibility index (Phi) is 4.49. The van der Waals surface area contributed by atoms with Crippen LogP contribution in [0.2, 0.25) is 0 Å². The number of nitrogens with one attached hydrogen (secondary N) is 1. The molecule has 0 bridgehead atoms. The van der Waals surface area contributed by atoms with E-state index >= 15 is 0 Å². The van der Waals surface area contributed by atoms with Crippen molar-refractivity contribution < 1.29 is 4.79 Å². The van der Waals surface area contributed by atoms with Crippen LogP contribution in [0, 0.1) is 5.41 Å². The zero-order valence-electron chi connectivity index (χ0n) is 12.0. The van der Waals surface area contributed by atoms with Crippen molar-refractivity contribution in [3.8, 4) is 0 Å². The van der Waals surface area contributed by atoms with Gasteiger partial charge in [0.15, 0.2) is 0 Å². The van der Waals surface area contributed by atoms with Crippen LogP contribution in [0.3, 0.4) is 0 Å². The van der Waals surface area contributed by atoms with Gasteiger partial charge in [-0.25, -0.2) is 0 Å². The fourth-order valence-corrected chi connectivity index (χ4v) is 3.77. The monoisotopic (exact) mass is 282 g/mol. The van der Waals surface area contributed by atoms with Crippen LogP contribution >= 0.6 is 12.2 Å². The molecule has 1 amide bonds. The molecule has 0 aromatic heterocycles. The largest absolute Gasteiger partial charge is 0.391 e. The lowest BCUT2D eigenvalue weighted by molar-refractivity contribution is -0.133. The molecule has 19 heavy (non-hydrogen) atoms. The first-order chi connectivity index (χ1) is 8.99. The molecule has 0 heterocycles. The summed E-state index contributed by atoms with van der Waals surface area (Å²) >= 11 is 5.25. The van der Waals surface area contributed by atoms with Crippen LogP contribution in [-0.2, 0) is 4.79 Å². The summed E-state index contributed by atoms with van der Waals surface area (Å²) in [4.78, 5) is 13.1. The molecule has 2 rings (SSSR count). The Labute approximate surface area is 121 Å². The van der Waals surface area contributed by atoms with E-state index in [2.05, 4.69) is 12.2 Å². The molecular weight excluding hydrogens is 256 g/mol. The summed E-state index contributed by atoms with van der Waals surface area (Å²) in [6.07, 6.45) is 10.8. The molecule has 0 unspecified atom stereocenters. The number of hydrogen-bond donors (Lipinski definition) is 2. The van der Waals surface area contributed by atoms with E-state index in [-0.39, 0.29) is 11.3 Å². The van der Waals surface area contributed by atoms with Crippen molar-refractivity contribution in [1.29, 1.82) is 0 Å². The highest BCUT2D eigenvalue weighted by Crippen LogP contribution is 2.37. The maximum absolute atomic E-state index is 12.7. The predicted molar refractivity (Wildman–Crippen MR) is 81.9 cm³/mol. The number of rotatable bonds is 3. The second kappa shape index (κ2) is 5.78. The van der Waals surface area contributed by atoms with Crippen molar-refractivity contribution in [3.05, 3.63) is 0 Å². The van der Waals surface area contributed by atoms with Crippen molar-refractivity contribution >= 4 is 23.1 Å². The van der Waals surface area contributed by atoms with E-state index in [4.69, 9.17) is 18.0 Å². The van der Waals surface area contributed by atoms with Gasteiger partial charge in [-0.15, -0.1) is 0 Å². The Morgan fingerprint density at radius 1 is 1.00 bits per heavy atom. The van der Waals surface area contributed by atoms with E-state index in [1.807, 2.05) is 0 Å². The Bertz CT molecular complexity index is 355. The van der Waals surface area contributed by atoms with Gasteiger partial charge < -0.3 is 11.1 Å². The molecule has 0 spiro atoms. The first-order valence-electron chi connectivity index (χ1n) is 7.61. The molecule has 0 aliphatic heterocycles. The van der Waals surface area contributed by atoms with Gasteiger partial charge in [-0.2, -0.15) is 0 Å². The van der Waals surface area contributed by atoms with Gasteiger partial charge in [0.2, 0.25) is 5.91 Å². The standard InChI is InChI=1S/C15H26N2OS/c1-14(8-4-2-5-9-14)13(18)17-15(12(16)19)10-6-3-7-11-15/h2-11H2,1H3,(H2,16,19)(H,17,18). The van der Waals surface area contributed by atoms with Gasteiger partial charge in [0.05, 0.1) is 10.5 Å². The molecule has 2 fully saturated rings. The number of carbonyl (C=O) groups is 1. The molecular formula is C15H26N2OS. The van der Waals surface area contributed by atoms with Gasteiger partial charge >= 0.3 is 0 Å². The zero-order chi connectivity index (χ0) is 13.9. The Hall–Kier alpha value is -0.640. The van der Waals surface area contributed by atoms with Gasteiger partial charge in [-0.05, 0) is 25.7 Å². The number of amides is 1. The number of hydrogen-bond acceptors (Lipinski definition) is 2. The van der Waals surface area contributed by atoms with Crippen molar-refractivity contribution in [2.75, 3.05) is 0 Å². The summed E-state index contributed by atoms with van der Waals surface area (Å²) in [6, 6.07) is 0. The van der Waals surface area contributed by atoms with E-state index in [0.29, 0.717) is 4.99 Å². The lowest BCUT2D eigenvalue weighted by atomic mass is 9.73. The summed E-state index contributed by atoms with van der Waals surface area (Å²) < 4.78 is 0. The molecule has 0 aromatic rings. The molecule has 2 aliphatic carbocycles. The van der Waals surface area contributed by atoms with E-state index in [1.54, 1.807) is 0 Å². The van der Waals surface area contributed by atoms with Gasteiger partial charge in [0, 0.05) is 5.41 Å². The van der Waals surface area contributed by atoms with Gasteiger partial charge in [-0.3, -0.25) is 4.79 Å². The van der Waals surface area contributed by atoms with Crippen LogP contribution in [0.25, 0.3) is 0 Å². The normalized spacial score (nSPS) is 25.5. The lowest BCUT2D eigenvalue weighted by Gasteiger charge is -2.41. The number of thiocarbonyl (C=S) groups is 1. The van der Waals surface area contributed by atoms with Crippen LogP contribution in [0.1, 0.15) is 71.1 Å². The Balaban J connectivity index is 2.08. The maximum atomic E-state index is 12.7. The third kappa shape index (κ3) is 3.10. The zero-order valence-corrected chi connectivity index (χ0v) is 12.8. The fourth-order valence-electron chi connectivity index (χ4n) is 3.52. The summed E-state index contributed by atoms with van der Waals surface area (Å²) in [5.41, 5.74) is 5.31. The molecule has 3 nitrogen and oxygen atoms in total. The van der Waals surface area contributed by atoms with Gasteiger partial charge in [0.1, 0.15) is 0 Å². The highest BCUT2D eigenvalue weighted by atomic mass is 32.1. The molecule has 2 aliphatic rings. The maximum Gasteiger partial charge on any atom is 0.226 e. The summed E-state index contributed by atoms with van der Waals surface area (Å²) in [5, 5.41) is 3.24. The van der Waals surface area contributed by atoms with Crippen LogP contribution in [0.15, 0.2) is 0 Å². The summed E-state index contributed by atoms with van der Waals surface area (Å²) in [7, 11) is 0. The quantitative estimate of drug-likeness (QED) is 0.782. The van der Waals surface area contributed by atoms with Crippen molar-refractivity contribution in [2.24, 2.45) is 11.1 Å². The topological polar surface area (TPSA) is 55.1 Å². The van der Waals surface area contributed by atoms with Crippen LogP contribution in [0.4, 0.5) is 0 Å². The average Bonchev–Trinajstić information content (AvgIpc) is 2.40. The minimum absolute atomic E-state index is 0.168. The van der Waals surface area contributed by atoms with Crippen LogP contribution < -0.4 is 11.1 Å². The lowest BCUT2D eigenvalue weighted by Crippen LogP contribution is -2.60. The Morgan fingerprint density at radius 3 is 1.95 bits per heavy atom. The molecule has 0 radical (unpaired) electrons. The predicted octanol–water partition coefficient (Wildman–Crippen LogP) is 3.06. The molecule has 3 N–H and O–H groups in total. The molecule has 4 heteroatoms. The molecule has 0 aromatic carbocycles. The second-order valence-corrected chi connectivity index (χ2v) is 7.02. The first-order valence-corrected chi connectivity index (χ1v) is 8.02. The number of carbonyl (C=O) groups excluding carboxylic acids is 1. The SMILES string of the molecule is CC1(C(=O)NC2(C(N)=S)CCCCC2)CCCCC1. The highest BCUT2D eigenvalue weighted by molar-refractivity contribution is 7.80. The fraction of sp³-hybridized carbons (Fsp3) is 0.867. The number of nitrogens with two attached hydrogens (primary N) is 1. The van der Waals surface area contributed by atoms with Crippen molar-refractivity contribution in [3.63, 3.8) is 0 Å². The van der Waals surface area contributed by atoms with Crippen molar-refractivity contribution in [2.45, 2.75) is 76.7 Å². The minimum atomic E-state index is -0.412. The minimum Gasteiger partial charge on any atom is -0.391 e. The molecule has 2 saturated carbocycles. The van der Waals surface area contributed by atoms with Crippen LogP contribution in [0.5, 0.6) is 0 Å². The van der Waals surface area contributed by atoms with Gasteiger partial charge in [-0.1, -0.05) is 57.7 Å². The Morgan fingerprint density at radius 2 is 1.47 bits per heavy atom. The third-order valence-corrected chi connectivity index (χ3v) is 5.43. The molecule has 108 valence electrons. The third-order valence-electron chi connectivity index (χ3n) is 5.04. The summed E-state index contributed by atoms with van der Waals surface area (Å²) in [5.74, 6) is 0.168. The highest BCUT2D eigenvalue weighted by Gasteiger charge is 2.42. The van der Waals surface area contributed by atoms with Gasteiger partial charge in [0.25, 0.3) is 0 Å². The molecule has 0 atom stereocenters. The van der Waals surface area contributed by atoms with E-state index in [9.17, 15) is 4.79 Å². The smallest absolute Gasteiger partial charge is 0.226 e. The summed E-state index contributed by atoms with van der Waals surface area (Å²) in [6.45, 7) is 2.09. The first kappa shape index (κ1) is 14.8. The van der Waals surface area contributed by atoms with E-state index in [0.717, 1.165) is 51.4 Å². The second-order valence-electron chi connectivity index (χ2n) is 6.58.